The van der Waals surface area contributed by atoms with Crippen molar-refractivity contribution in [1.29, 1.82) is 0 Å². The van der Waals surface area contributed by atoms with Crippen molar-refractivity contribution in [3.05, 3.63) is 60.2 Å². The molecule has 0 saturated carbocycles. The maximum atomic E-state index is 12.1. The first-order chi connectivity index (χ1) is 10.6. The number of hydrogen-bond donors (Lipinski definition) is 1. The van der Waals surface area contributed by atoms with Gasteiger partial charge in [-0.15, -0.1) is 0 Å². The predicted molar refractivity (Wildman–Crippen MR) is 87.6 cm³/mol. The van der Waals surface area contributed by atoms with Gasteiger partial charge in [0, 0.05) is 6.54 Å². The lowest BCUT2D eigenvalue weighted by Gasteiger charge is -2.10. The summed E-state index contributed by atoms with van der Waals surface area (Å²) in [6, 6.07) is 16.3. The van der Waals surface area contributed by atoms with Gasteiger partial charge in [-0.3, -0.25) is 0 Å². The molecule has 0 aliphatic rings. The molecule has 0 aliphatic heterocycles. The third-order valence-corrected chi connectivity index (χ3v) is 4.72. The molecule has 2 aromatic rings. The van der Waals surface area contributed by atoms with Crippen LogP contribution in [0.4, 0.5) is 0 Å². The Bertz CT molecular complexity index is 684. The molecule has 2 aromatic carbocycles. The molecular formula is C17H21NO3S. The van der Waals surface area contributed by atoms with Crippen molar-refractivity contribution in [2.45, 2.75) is 24.7 Å². The highest BCUT2D eigenvalue weighted by molar-refractivity contribution is 7.89. The maximum Gasteiger partial charge on any atom is 0.240 e. The topological polar surface area (TPSA) is 55.4 Å². The summed E-state index contributed by atoms with van der Waals surface area (Å²) in [7, 11) is -3.42. The quantitative estimate of drug-likeness (QED) is 0.761. The Kier molecular flexibility index (Phi) is 5.98. The number of aryl methyl sites for hydroxylation is 1. The summed E-state index contributed by atoms with van der Waals surface area (Å²) in [4.78, 5) is 0.296. The number of para-hydroxylation sites is 1. The second kappa shape index (κ2) is 7.96. The number of rotatable bonds is 8. The lowest BCUT2D eigenvalue weighted by molar-refractivity contribution is 0.336. The number of benzene rings is 2. The zero-order valence-electron chi connectivity index (χ0n) is 12.7. The molecular weight excluding hydrogens is 298 g/mol. The van der Waals surface area contributed by atoms with Gasteiger partial charge in [0.2, 0.25) is 10.0 Å². The van der Waals surface area contributed by atoms with Crippen LogP contribution in [-0.4, -0.2) is 21.6 Å². The highest BCUT2D eigenvalue weighted by Gasteiger charge is 2.12. The van der Waals surface area contributed by atoms with Crippen LogP contribution in [0.3, 0.4) is 0 Å². The van der Waals surface area contributed by atoms with Gasteiger partial charge in [-0.05, 0) is 43.5 Å². The Morgan fingerprint density at radius 1 is 1.00 bits per heavy atom. The van der Waals surface area contributed by atoms with Crippen molar-refractivity contribution >= 4 is 10.0 Å². The van der Waals surface area contributed by atoms with Gasteiger partial charge < -0.3 is 4.74 Å². The van der Waals surface area contributed by atoms with Gasteiger partial charge in [0.25, 0.3) is 0 Å². The molecule has 0 saturated heterocycles. The van der Waals surface area contributed by atoms with Crippen molar-refractivity contribution in [3.63, 3.8) is 0 Å². The molecule has 0 amide bonds. The minimum Gasteiger partial charge on any atom is -0.494 e. The lowest BCUT2D eigenvalue weighted by atomic mass is 10.1. The fourth-order valence-electron chi connectivity index (χ4n) is 2.18. The molecule has 5 heteroatoms. The third kappa shape index (κ3) is 4.58. The van der Waals surface area contributed by atoms with Gasteiger partial charge in [0.15, 0.2) is 0 Å². The van der Waals surface area contributed by atoms with Gasteiger partial charge in [-0.1, -0.05) is 36.4 Å². The fraction of sp³-hybridized carbons (Fsp3) is 0.294. The second-order valence-corrected chi connectivity index (χ2v) is 6.62. The molecule has 0 fully saturated rings. The minimum absolute atomic E-state index is 0.296. The average molecular weight is 319 g/mol. The molecule has 0 atom stereocenters. The summed E-state index contributed by atoms with van der Waals surface area (Å²) in [5, 5.41) is 0. The molecule has 0 bridgehead atoms. The normalized spacial score (nSPS) is 11.3. The van der Waals surface area contributed by atoms with E-state index < -0.39 is 10.0 Å². The van der Waals surface area contributed by atoms with E-state index in [1.807, 2.05) is 31.2 Å². The van der Waals surface area contributed by atoms with Crippen LogP contribution in [-0.2, 0) is 16.4 Å². The fourth-order valence-corrected chi connectivity index (χ4v) is 3.27. The Balaban J connectivity index is 1.87. The van der Waals surface area contributed by atoms with Gasteiger partial charge in [0.05, 0.1) is 11.5 Å². The summed E-state index contributed by atoms with van der Waals surface area (Å²) in [6.07, 6.45) is 1.49. The molecule has 1 N–H and O–H groups in total. The molecule has 0 aliphatic carbocycles. The van der Waals surface area contributed by atoms with E-state index in [0.717, 1.165) is 24.2 Å². The molecule has 2 rings (SSSR count). The van der Waals surface area contributed by atoms with E-state index in [4.69, 9.17) is 4.74 Å². The van der Waals surface area contributed by atoms with Gasteiger partial charge >= 0.3 is 0 Å². The third-order valence-electron chi connectivity index (χ3n) is 3.24. The lowest BCUT2D eigenvalue weighted by Crippen LogP contribution is -2.25. The molecule has 0 heterocycles. The van der Waals surface area contributed by atoms with Crippen molar-refractivity contribution in [3.8, 4) is 5.75 Å². The van der Waals surface area contributed by atoms with Crippen LogP contribution in [0, 0.1) is 0 Å². The minimum atomic E-state index is -3.42. The van der Waals surface area contributed by atoms with E-state index in [-0.39, 0.29) is 0 Å². The van der Waals surface area contributed by atoms with Crippen LogP contribution in [0.2, 0.25) is 0 Å². The Labute approximate surface area is 132 Å². The van der Waals surface area contributed by atoms with Crippen molar-refractivity contribution in [2.24, 2.45) is 0 Å². The molecule has 0 unspecified atom stereocenters. The molecule has 0 radical (unpaired) electrons. The second-order valence-electron chi connectivity index (χ2n) is 4.86. The molecule has 22 heavy (non-hydrogen) atoms. The Morgan fingerprint density at radius 2 is 1.68 bits per heavy atom. The van der Waals surface area contributed by atoms with Gasteiger partial charge in [-0.25, -0.2) is 13.1 Å². The summed E-state index contributed by atoms with van der Waals surface area (Å²) >= 11 is 0. The van der Waals surface area contributed by atoms with E-state index in [2.05, 4.69) is 4.72 Å². The van der Waals surface area contributed by atoms with E-state index in [0.29, 0.717) is 18.0 Å². The zero-order valence-corrected chi connectivity index (χ0v) is 13.5. The maximum absolute atomic E-state index is 12.1. The summed E-state index contributed by atoms with van der Waals surface area (Å²) in [6.45, 7) is 2.97. The van der Waals surface area contributed by atoms with Gasteiger partial charge in [0.1, 0.15) is 5.75 Å². The van der Waals surface area contributed by atoms with Crippen LogP contribution < -0.4 is 9.46 Å². The standard InChI is InChI=1S/C17H21NO3S/c1-2-21-17-13-7-6-9-15(17)10-8-14-18-22(19,20)16-11-4-3-5-12-16/h3-7,9,11-13,18H,2,8,10,14H2,1H3. The smallest absolute Gasteiger partial charge is 0.240 e. The van der Waals surface area contributed by atoms with Crippen molar-refractivity contribution in [2.75, 3.05) is 13.2 Å². The number of ether oxygens (including phenoxy) is 1. The average Bonchev–Trinajstić information content (AvgIpc) is 2.54. The molecule has 118 valence electrons. The highest BCUT2D eigenvalue weighted by atomic mass is 32.2. The summed E-state index contributed by atoms with van der Waals surface area (Å²) in [5.74, 6) is 0.871. The predicted octanol–water partition coefficient (Wildman–Crippen LogP) is 3.00. The number of nitrogens with one attached hydrogen (secondary N) is 1. The van der Waals surface area contributed by atoms with E-state index in [1.54, 1.807) is 30.3 Å². The SMILES string of the molecule is CCOc1ccccc1CCCNS(=O)(=O)c1ccccc1. The Hall–Kier alpha value is -1.85. The van der Waals surface area contributed by atoms with E-state index >= 15 is 0 Å². The van der Waals surface area contributed by atoms with Crippen LogP contribution in [0.1, 0.15) is 18.9 Å². The zero-order chi connectivity index (χ0) is 15.8. The molecule has 0 aromatic heterocycles. The van der Waals surface area contributed by atoms with Crippen LogP contribution >= 0.6 is 0 Å². The molecule has 0 spiro atoms. The number of sulfonamides is 1. The van der Waals surface area contributed by atoms with E-state index in [9.17, 15) is 8.42 Å². The summed E-state index contributed by atoms with van der Waals surface area (Å²) in [5.41, 5.74) is 1.10. The summed E-state index contributed by atoms with van der Waals surface area (Å²) < 4.78 is 32.3. The Morgan fingerprint density at radius 3 is 2.41 bits per heavy atom. The highest BCUT2D eigenvalue weighted by Crippen LogP contribution is 2.19. The van der Waals surface area contributed by atoms with E-state index in [1.165, 1.54) is 0 Å². The first-order valence-corrected chi connectivity index (χ1v) is 8.87. The van der Waals surface area contributed by atoms with Crippen LogP contribution in [0.25, 0.3) is 0 Å². The van der Waals surface area contributed by atoms with Crippen LogP contribution in [0.5, 0.6) is 5.75 Å². The molecule has 4 nitrogen and oxygen atoms in total. The van der Waals surface area contributed by atoms with Gasteiger partial charge in [-0.2, -0.15) is 0 Å². The first kappa shape index (κ1) is 16.5. The largest absolute Gasteiger partial charge is 0.494 e. The monoisotopic (exact) mass is 319 g/mol. The van der Waals surface area contributed by atoms with Crippen molar-refractivity contribution < 1.29 is 13.2 Å². The van der Waals surface area contributed by atoms with Crippen LogP contribution in [0.15, 0.2) is 59.5 Å². The number of hydrogen-bond acceptors (Lipinski definition) is 3. The van der Waals surface area contributed by atoms with Crippen molar-refractivity contribution in [1.82, 2.24) is 4.72 Å². The first-order valence-electron chi connectivity index (χ1n) is 7.39.